The van der Waals surface area contributed by atoms with Crippen LogP contribution in [0.3, 0.4) is 0 Å². The Morgan fingerprint density at radius 1 is 1.32 bits per heavy atom. The zero-order valence-corrected chi connectivity index (χ0v) is 12.7. The maximum absolute atomic E-state index is 11.7. The van der Waals surface area contributed by atoms with Gasteiger partial charge in [0.05, 0.1) is 5.92 Å². The molecule has 0 saturated heterocycles. The molecule has 1 rings (SSSR count). The van der Waals surface area contributed by atoms with Gasteiger partial charge in [-0.3, -0.25) is 4.79 Å². The number of urea groups is 1. The second-order valence-electron chi connectivity index (χ2n) is 5.49. The van der Waals surface area contributed by atoms with Crippen LogP contribution in [0.15, 0.2) is 0 Å². The van der Waals surface area contributed by atoms with E-state index in [-0.39, 0.29) is 23.2 Å². The van der Waals surface area contributed by atoms with E-state index in [2.05, 4.69) is 16.9 Å². The summed E-state index contributed by atoms with van der Waals surface area (Å²) in [7, 11) is 0. The molecule has 2 amide bonds. The van der Waals surface area contributed by atoms with Gasteiger partial charge in [0.1, 0.15) is 0 Å². The highest BCUT2D eigenvalue weighted by molar-refractivity contribution is 8.00. The van der Waals surface area contributed by atoms with E-state index in [1.165, 1.54) is 6.42 Å². The van der Waals surface area contributed by atoms with Crippen molar-refractivity contribution in [1.29, 1.82) is 0 Å². The number of carbonyl (C=O) groups excluding carboxylic acids is 1. The van der Waals surface area contributed by atoms with Crippen molar-refractivity contribution in [3.05, 3.63) is 0 Å². The molecule has 1 saturated carbocycles. The molecule has 3 N–H and O–H groups in total. The van der Waals surface area contributed by atoms with Gasteiger partial charge in [-0.1, -0.05) is 20.3 Å². The highest BCUT2D eigenvalue weighted by Crippen LogP contribution is 2.42. The van der Waals surface area contributed by atoms with Gasteiger partial charge in [-0.05, 0) is 25.0 Å². The minimum Gasteiger partial charge on any atom is -0.481 e. The molecule has 6 heteroatoms. The third-order valence-electron chi connectivity index (χ3n) is 3.87. The fourth-order valence-corrected chi connectivity index (χ4v) is 3.05. The van der Waals surface area contributed by atoms with Crippen molar-refractivity contribution < 1.29 is 14.7 Å². The molecule has 1 unspecified atom stereocenters. The molecule has 110 valence electrons. The van der Waals surface area contributed by atoms with Crippen molar-refractivity contribution in [2.75, 3.05) is 19.3 Å². The molecule has 0 heterocycles. The van der Waals surface area contributed by atoms with Crippen LogP contribution in [0, 0.1) is 11.8 Å². The van der Waals surface area contributed by atoms with E-state index < -0.39 is 11.9 Å². The summed E-state index contributed by atoms with van der Waals surface area (Å²) in [5.41, 5.74) is 0. The quantitative estimate of drug-likeness (QED) is 0.669. The largest absolute Gasteiger partial charge is 0.481 e. The minimum atomic E-state index is -0.866. The number of thioether (sulfide) groups is 1. The molecule has 0 spiro atoms. The second kappa shape index (κ2) is 7.03. The summed E-state index contributed by atoms with van der Waals surface area (Å²) in [6.07, 6.45) is 5.56. The Morgan fingerprint density at radius 2 is 1.95 bits per heavy atom. The molecule has 0 aromatic rings. The van der Waals surface area contributed by atoms with Gasteiger partial charge in [0.15, 0.2) is 0 Å². The van der Waals surface area contributed by atoms with Gasteiger partial charge in [0.25, 0.3) is 0 Å². The summed E-state index contributed by atoms with van der Waals surface area (Å²) >= 11 is 1.80. The topological polar surface area (TPSA) is 78.4 Å². The summed E-state index contributed by atoms with van der Waals surface area (Å²) in [6, 6.07) is -0.271. The molecule has 0 aromatic carbocycles. The molecular weight excluding hydrogens is 264 g/mol. The Morgan fingerprint density at radius 3 is 2.32 bits per heavy atom. The van der Waals surface area contributed by atoms with Crippen LogP contribution in [-0.4, -0.2) is 41.2 Å². The van der Waals surface area contributed by atoms with Gasteiger partial charge in [-0.15, -0.1) is 0 Å². The summed E-state index contributed by atoms with van der Waals surface area (Å²) < 4.78 is 0.196. The average Bonchev–Trinajstić information content (AvgIpc) is 2.27. The van der Waals surface area contributed by atoms with Gasteiger partial charge < -0.3 is 15.7 Å². The highest BCUT2D eigenvalue weighted by Gasteiger charge is 2.36. The number of carbonyl (C=O) groups is 2. The van der Waals surface area contributed by atoms with E-state index in [1.807, 2.05) is 13.8 Å². The Bertz CT molecular complexity index is 324. The number of hydrogen-bond acceptors (Lipinski definition) is 3. The number of amides is 2. The smallest absolute Gasteiger partial charge is 0.314 e. The van der Waals surface area contributed by atoms with Gasteiger partial charge in [0, 0.05) is 17.8 Å². The zero-order valence-electron chi connectivity index (χ0n) is 11.9. The molecular formula is C13H24N2O3S. The Kier molecular flexibility index (Phi) is 5.97. The first-order valence-corrected chi connectivity index (χ1v) is 7.92. The van der Waals surface area contributed by atoms with E-state index in [0.29, 0.717) is 6.54 Å². The first-order valence-electron chi connectivity index (χ1n) is 6.70. The van der Waals surface area contributed by atoms with E-state index in [1.54, 1.807) is 11.8 Å². The maximum Gasteiger partial charge on any atom is 0.314 e. The molecule has 5 nitrogen and oxygen atoms in total. The lowest BCUT2D eigenvalue weighted by Gasteiger charge is -2.40. The highest BCUT2D eigenvalue weighted by atomic mass is 32.2. The molecule has 0 aliphatic heterocycles. The van der Waals surface area contributed by atoms with E-state index >= 15 is 0 Å². The fourth-order valence-electron chi connectivity index (χ4n) is 2.14. The molecule has 0 bridgehead atoms. The molecule has 1 fully saturated rings. The van der Waals surface area contributed by atoms with Crippen molar-refractivity contribution in [2.24, 2.45) is 11.8 Å². The van der Waals surface area contributed by atoms with Crippen LogP contribution in [0.25, 0.3) is 0 Å². The molecule has 1 aliphatic rings. The summed E-state index contributed by atoms with van der Waals surface area (Å²) in [4.78, 5) is 22.7. The molecule has 0 aromatic heterocycles. The molecule has 1 atom stereocenters. The van der Waals surface area contributed by atoms with Crippen LogP contribution in [-0.2, 0) is 4.79 Å². The van der Waals surface area contributed by atoms with Gasteiger partial charge in [-0.25, -0.2) is 4.79 Å². The number of rotatable bonds is 7. The van der Waals surface area contributed by atoms with Crippen LogP contribution in [0.5, 0.6) is 0 Å². The van der Waals surface area contributed by atoms with Gasteiger partial charge in [-0.2, -0.15) is 11.8 Å². The average molecular weight is 288 g/mol. The van der Waals surface area contributed by atoms with Crippen LogP contribution in [0.1, 0.15) is 33.1 Å². The molecule has 0 radical (unpaired) electrons. The maximum atomic E-state index is 11.7. The van der Waals surface area contributed by atoms with E-state index in [0.717, 1.165) is 12.8 Å². The van der Waals surface area contributed by atoms with Crippen LogP contribution in [0.2, 0.25) is 0 Å². The van der Waals surface area contributed by atoms with Crippen LogP contribution >= 0.6 is 11.8 Å². The van der Waals surface area contributed by atoms with Crippen molar-refractivity contribution in [3.8, 4) is 0 Å². The lowest BCUT2D eigenvalue weighted by atomic mass is 9.84. The molecule has 1 aliphatic carbocycles. The van der Waals surface area contributed by atoms with E-state index in [4.69, 9.17) is 5.11 Å². The Balaban J connectivity index is 2.29. The lowest BCUT2D eigenvalue weighted by Crippen LogP contribution is -2.49. The first-order chi connectivity index (χ1) is 8.90. The number of carboxylic acids is 1. The van der Waals surface area contributed by atoms with E-state index in [9.17, 15) is 9.59 Å². The monoisotopic (exact) mass is 288 g/mol. The van der Waals surface area contributed by atoms with Crippen LogP contribution in [0.4, 0.5) is 4.79 Å². The number of carboxylic acid groups (broad SMARTS) is 1. The number of nitrogens with one attached hydrogen (secondary N) is 2. The van der Waals surface area contributed by atoms with Crippen molar-refractivity contribution in [3.63, 3.8) is 0 Å². The predicted octanol–water partition coefficient (Wildman–Crippen LogP) is 1.93. The summed E-state index contributed by atoms with van der Waals surface area (Å²) in [6.45, 7) is 4.51. The summed E-state index contributed by atoms with van der Waals surface area (Å²) in [5, 5.41) is 14.5. The Hall–Kier alpha value is -0.910. The van der Waals surface area contributed by atoms with Crippen LogP contribution < -0.4 is 10.6 Å². The van der Waals surface area contributed by atoms with Crippen molar-refractivity contribution in [1.82, 2.24) is 10.6 Å². The minimum absolute atomic E-state index is 0.00183. The Labute approximate surface area is 118 Å². The second-order valence-corrected chi connectivity index (χ2v) is 6.77. The third-order valence-corrected chi connectivity index (χ3v) is 5.29. The summed E-state index contributed by atoms with van der Waals surface area (Å²) in [5.74, 6) is -1.40. The normalized spacial score (nSPS) is 18.5. The zero-order chi connectivity index (χ0) is 14.5. The van der Waals surface area contributed by atoms with Gasteiger partial charge >= 0.3 is 12.0 Å². The SMILES string of the molecule is CSC1(CNC(=O)NCC(C(=O)O)C(C)C)CCC1. The standard InChI is InChI=1S/C13H24N2O3S/c1-9(2)10(11(16)17)7-14-12(18)15-8-13(19-3)5-4-6-13/h9-10H,4-8H2,1-3H3,(H,16,17)(H2,14,15,18). The predicted molar refractivity (Wildman–Crippen MR) is 77.5 cm³/mol. The lowest BCUT2D eigenvalue weighted by molar-refractivity contribution is -0.142. The number of aliphatic carboxylic acids is 1. The van der Waals surface area contributed by atoms with Crippen molar-refractivity contribution >= 4 is 23.8 Å². The number of hydrogen-bond donors (Lipinski definition) is 3. The molecule has 19 heavy (non-hydrogen) atoms. The van der Waals surface area contributed by atoms with Gasteiger partial charge in [0.2, 0.25) is 0 Å². The fraction of sp³-hybridized carbons (Fsp3) is 0.846. The van der Waals surface area contributed by atoms with Crippen molar-refractivity contribution in [2.45, 2.75) is 37.9 Å². The third kappa shape index (κ3) is 4.60. The first kappa shape index (κ1) is 16.1.